The number of benzene rings is 7. The van der Waals surface area contributed by atoms with Crippen LogP contribution >= 0.6 is 22.7 Å². The number of thiophene rings is 2. The second-order valence-electron chi connectivity index (χ2n) is 13.4. The molecule has 0 aliphatic heterocycles. The molecule has 54 heavy (non-hydrogen) atoms. The maximum atomic E-state index is 5.25. The lowest BCUT2D eigenvalue weighted by molar-refractivity contribution is 1.08. The average Bonchev–Trinajstić information content (AvgIpc) is 3.83. The van der Waals surface area contributed by atoms with Gasteiger partial charge in [-0.3, -0.25) is 0 Å². The Bertz CT molecular complexity index is 3200. The third-order valence-electron chi connectivity index (χ3n) is 10.2. The Balaban J connectivity index is 1.07. The van der Waals surface area contributed by atoms with Crippen molar-refractivity contribution in [3.8, 4) is 56.5 Å². The van der Waals surface area contributed by atoms with E-state index in [4.69, 9.17) is 19.9 Å². The number of hydrogen-bond acceptors (Lipinski definition) is 6. The SMILES string of the molecule is c1ccc(-c2ccc(-c3nc(-c4ccc(-c5nc6ccccc6c6sc7ccccc7c56)cc4)nc(-c4cccc5c4sc4ccccc45)n3)cc2)cc1. The van der Waals surface area contributed by atoms with Gasteiger partial charge in [0.25, 0.3) is 0 Å². The minimum absolute atomic E-state index is 0.629. The number of fused-ring (bicyclic) bond motifs is 8. The number of nitrogens with zero attached hydrogens (tertiary/aromatic N) is 4. The summed E-state index contributed by atoms with van der Waals surface area (Å²) >= 11 is 3.62. The molecule has 0 bridgehead atoms. The van der Waals surface area contributed by atoms with Crippen molar-refractivity contribution >= 4 is 73.9 Å². The second kappa shape index (κ2) is 12.5. The van der Waals surface area contributed by atoms with Crippen molar-refractivity contribution in [1.82, 2.24) is 19.9 Å². The van der Waals surface area contributed by atoms with Crippen molar-refractivity contribution < 1.29 is 0 Å². The molecule has 4 aromatic heterocycles. The first-order chi connectivity index (χ1) is 26.7. The molecular weight excluding hydrogens is 697 g/mol. The van der Waals surface area contributed by atoms with E-state index in [9.17, 15) is 0 Å². The lowest BCUT2D eigenvalue weighted by Gasteiger charge is -2.11. The van der Waals surface area contributed by atoms with E-state index < -0.39 is 0 Å². The zero-order chi connectivity index (χ0) is 35.6. The normalized spacial score (nSPS) is 11.7. The van der Waals surface area contributed by atoms with Crippen LogP contribution in [0.1, 0.15) is 0 Å². The summed E-state index contributed by atoms with van der Waals surface area (Å²) in [6.07, 6.45) is 0. The molecule has 0 aliphatic carbocycles. The molecule has 0 N–H and O–H groups in total. The molecule has 0 spiro atoms. The van der Waals surface area contributed by atoms with Crippen molar-refractivity contribution in [3.63, 3.8) is 0 Å². The van der Waals surface area contributed by atoms with Crippen molar-refractivity contribution in [2.75, 3.05) is 0 Å². The van der Waals surface area contributed by atoms with E-state index >= 15 is 0 Å². The largest absolute Gasteiger partial charge is 0.247 e. The summed E-state index contributed by atoms with van der Waals surface area (Å²) in [6, 6.07) is 59.5. The van der Waals surface area contributed by atoms with Crippen LogP contribution in [0.25, 0.3) is 108 Å². The van der Waals surface area contributed by atoms with Crippen LogP contribution in [0.2, 0.25) is 0 Å². The van der Waals surface area contributed by atoms with Gasteiger partial charge in [-0.05, 0) is 35.4 Å². The van der Waals surface area contributed by atoms with E-state index in [1.807, 2.05) is 17.4 Å². The summed E-state index contributed by atoms with van der Waals surface area (Å²) in [5.41, 5.74) is 8.21. The topological polar surface area (TPSA) is 51.6 Å². The molecule has 11 rings (SSSR count). The van der Waals surface area contributed by atoms with Gasteiger partial charge in [-0.15, -0.1) is 22.7 Å². The maximum absolute atomic E-state index is 5.25. The Hall–Kier alpha value is -6.60. The van der Waals surface area contributed by atoms with Gasteiger partial charge in [0, 0.05) is 68.0 Å². The Labute approximate surface area is 318 Å². The van der Waals surface area contributed by atoms with Crippen molar-refractivity contribution in [1.29, 1.82) is 0 Å². The number of hydrogen-bond donors (Lipinski definition) is 0. The van der Waals surface area contributed by atoms with Crippen molar-refractivity contribution in [3.05, 3.63) is 170 Å². The Morgan fingerprint density at radius 2 is 0.833 bits per heavy atom. The summed E-state index contributed by atoms with van der Waals surface area (Å²) in [7, 11) is 0. The zero-order valence-electron chi connectivity index (χ0n) is 28.8. The van der Waals surface area contributed by atoms with Crippen LogP contribution in [0.4, 0.5) is 0 Å². The lowest BCUT2D eigenvalue weighted by atomic mass is 10.0. The van der Waals surface area contributed by atoms with Crippen LogP contribution in [-0.2, 0) is 0 Å². The molecule has 0 unspecified atom stereocenters. The Morgan fingerprint density at radius 1 is 0.315 bits per heavy atom. The van der Waals surface area contributed by atoms with E-state index in [0.29, 0.717) is 17.5 Å². The van der Waals surface area contributed by atoms with Gasteiger partial charge in [-0.2, -0.15) is 0 Å². The standard InChI is InChI=1S/C48H28N4S2/c1-2-11-29(12-3-1)30-21-25-32(26-22-30)46-50-47(52-48(51-46)38-17-10-16-35-34-13-5-8-19-40(34)53-44(35)38)33-27-23-31(24-28-33)43-42-37-15-6-9-20-41(37)54-45(42)36-14-4-7-18-39(36)49-43/h1-28H. The van der Waals surface area contributed by atoms with Gasteiger partial charge in [0.15, 0.2) is 17.5 Å². The van der Waals surface area contributed by atoms with E-state index in [2.05, 4.69) is 164 Å². The first kappa shape index (κ1) is 31.0. The minimum Gasteiger partial charge on any atom is -0.247 e. The predicted octanol–water partition coefficient (Wildman–Crippen LogP) is 13.5. The summed E-state index contributed by atoms with van der Waals surface area (Å²) in [4.78, 5) is 20.7. The fourth-order valence-corrected chi connectivity index (χ4v) is 9.97. The molecule has 0 saturated heterocycles. The molecule has 4 heterocycles. The van der Waals surface area contributed by atoms with Crippen LogP contribution in [-0.4, -0.2) is 19.9 Å². The molecule has 0 aliphatic rings. The quantitative estimate of drug-likeness (QED) is 0.177. The number of rotatable bonds is 5. The van der Waals surface area contributed by atoms with E-state index in [1.165, 1.54) is 51.3 Å². The highest BCUT2D eigenvalue weighted by Gasteiger charge is 2.19. The monoisotopic (exact) mass is 724 g/mol. The molecule has 7 aromatic carbocycles. The number of pyridine rings is 1. The molecule has 0 atom stereocenters. The van der Waals surface area contributed by atoms with Crippen LogP contribution in [0.5, 0.6) is 0 Å². The third-order valence-corrected chi connectivity index (χ3v) is 12.6. The number of para-hydroxylation sites is 1. The molecule has 6 heteroatoms. The third kappa shape index (κ3) is 5.11. The molecule has 11 aromatic rings. The maximum Gasteiger partial charge on any atom is 0.165 e. The number of aromatic nitrogens is 4. The van der Waals surface area contributed by atoms with Crippen LogP contribution in [0.3, 0.4) is 0 Å². The summed E-state index contributed by atoms with van der Waals surface area (Å²) in [6.45, 7) is 0. The van der Waals surface area contributed by atoms with Gasteiger partial charge in [0.2, 0.25) is 0 Å². The van der Waals surface area contributed by atoms with Gasteiger partial charge in [-0.1, -0.05) is 146 Å². The van der Waals surface area contributed by atoms with E-state index in [-0.39, 0.29) is 0 Å². The molecule has 0 saturated carbocycles. The predicted molar refractivity (Wildman–Crippen MR) is 228 cm³/mol. The van der Waals surface area contributed by atoms with Gasteiger partial charge in [0.05, 0.1) is 11.2 Å². The van der Waals surface area contributed by atoms with Gasteiger partial charge in [0.1, 0.15) is 0 Å². The molecule has 4 nitrogen and oxygen atoms in total. The molecule has 0 fully saturated rings. The Kier molecular flexibility index (Phi) is 7.18. The van der Waals surface area contributed by atoms with Gasteiger partial charge in [-0.25, -0.2) is 19.9 Å². The molecular formula is C48H28N4S2. The lowest BCUT2D eigenvalue weighted by Crippen LogP contribution is -2.00. The highest BCUT2D eigenvalue weighted by atomic mass is 32.1. The summed E-state index contributed by atoms with van der Waals surface area (Å²) in [5.74, 6) is 1.93. The van der Waals surface area contributed by atoms with Crippen LogP contribution in [0, 0.1) is 0 Å². The highest BCUT2D eigenvalue weighted by Crippen LogP contribution is 2.43. The second-order valence-corrected chi connectivity index (χ2v) is 15.5. The van der Waals surface area contributed by atoms with Crippen LogP contribution in [0.15, 0.2) is 170 Å². The minimum atomic E-state index is 0.629. The summed E-state index contributed by atoms with van der Waals surface area (Å²) < 4.78 is 4.95. The first-order valence-electron chi connectivity index (χ1n) is 17.9. The fraction of sp³-hybridized carbons (Fsp3) is 0. The van der Waals surface area contributed by atoms with Gasteiger partial charge >= 0.3 is 0 Å². The van der Waals surface area contributed by atoms with E-state index in [1.54, 1.807) is 11.3 Å². The van der Waals surface area contributed by atoms with E-state index in [0.717, 1.165) is 39.0 Å². The van der Waals surface area contributed by atoms with Crippen LogP contribution < -0.4 is 0 Å². The summed E-state index contributed by atoms with van der Waals surface area (Å²) in [5, 5.41) is 6.07. The first-order valence-corrected chi connectivity index (χ1v) is 19.5. The average molecular weight is 725 g/mol. The van der Waals surface area contributed by atoms with Gasteiger partial charge < -0.3 is 0 Å². The molecule has 0 amide bonds. The fourth-order valence-electron chi connectivity index (χ4n) is 7.52. The molecule has 252 valence electrons. The molecule has 0 radical (unpaired) electrons. The van der Waals surface area contributed by atoms with Crippen molar-refractivity contribution in [2.45, 2.75) is 0 Å². The smallest absolute Gasteiger partial charge is 0.165 e. The zero-order valence-corrected chi connectivity index (χ0v) is 30.4. The highest BCUT2D eigenvalue weighted by molar-refractivity contribution is 7.27. The van der Waals surface area contributed by atoms with Crippen molar-refractivity contribution in [2.24, 2.45) is 0 Å². The Morgan fingerprint density at radius 3 is 1.57 bits per heavy atom.